The molecule has 0 saturated carbocycles. The first-order valence-electron chi connectivity index (χ1n) is 8.15. The summed E-state index contributed by atoms with van der Waals surface area (Å²) in [6, 6.07) is 6.90. The van der Waals surface area contributed by atoms with Crippen molar-refractivity contribution in [2.24, 2.45) is 0 Å². The molecule has 0 unspecified atom stereocenters. The number of ether oxygens (including phenoxy) is 1. The van der Waals surface area contributed by atoms with Crippen LogP contribution in [-0.2, 0) is 12.8 Å². The molecule has 4 rings (SSSR count). The fourth-order valence-electron chi connectivity index (χ4n) is 3.18. The molecule has 6 nitrogen and oxygen atoms in total. The fourth-order valence-corrected chi connectivity index (χ4v) is 4.34. The van der Waals surface area contributed by atoms with Crippen molar-refractivity contribution in [2.45, 2.75) is 25.7 Å². The Hall–Kier alpha value is -2.67. The molecule has 1 N–H and O–H groups in total. The minimum atomic E-state index is -0.389. The number of para-hydroxylation sites is 1. The van der Waals surface area contributed by atoms with Crippen LogP contribution in [0.3, 0.4) is 0 Å². The molecule has 2 heterocycles. The molecule has 1 aliphatic rings. The third kappa shape index (κ3) is 2.70. The quantitative estimate of drug-likeness (QED) is 0.784. The molecule has 2 aromatic heterocycles. The van der Waals surface area contributed by atoms with E-state index < -0.39 is 0 Å². The van der Waals surface area contributed by atoms with Crippen molar-refractivity contribution >= 4 is 27.9 Å². The molecule has 3 aromatic rings. The second-order valence-electron chi connectivity index (χ2n) is 5.93. The minimum absolute atomic E-state index is 0.180. The third-order valence-electron chi connectivity index (χ3n) is 4.40. The summed E-state index contributed by atoms with van der Waals surface area (Å²) in [6.45, 7) is 0. The van der Waals surface area contributed by atoms with Gasteiger partial charge >= 0.3 is 0 Å². The number of rotatable bonds is 3. The number of aryl methyl sites for hydroxylation is 2. The second-order valence-corrected chi connectivity index (χ2v) is 6.99. The summed E-state index contributed by atoms with van der Waals surface area (Å²) in [5, 5.41) is 2.68. The number of hydrogen-bond donors (Lipinski definition) is 1. The fraction of sp³-hybridized carbons (Fsp3) is 0.278. The summed E-state index contributed by atoms with van der Waals surface area (Å²) in [5.41, 5.74) is 1.37. The summed E-state index contributed by atoms with van der Waals surface area (Å²) in [6.07, 6.45) is 5.52. The predicted octanol–water partition coefficient (Wildman–Crippen LogP) is 2.90. The lowest BCUT2D eigenvalue weighted by Crippen LogP contribution is -2.24. The topological polar surface area (TPSA) is 72.7 Å². The van der Waals surface area contributed by atoms with E-state index in [1.54, 1.807) is 40.0 Å². The highest BCUT2D eigenvalue weighted by atomic mass is 32.1. The normalized spacial score (nSPS) is 13.5. The van der Waals surface area contributed by atoms with Crippen LogP contribution in [0.25, 0.3) is 4.96 Å². The van der Waals surface area contributed by atoms with Crippen LogP contribution in [0, 0.1) is 0 Å². The standard InChI is InChI=1S/C18H17N3O3S/c1-24-14-8-4-2-6-11(14)16(22)20-12-10-19-18-21(17(12)23)13-7-3-5-9-15(13)25-18/h2,4,6,8,10H,3,5,7,9H2,1H3,(H,20,22). The van der Waals surface area contributed by atoms with Crippen LogP contribution in [0.15, 0.2) is 35.3 Å². The van der Waals surface area contributed by atoms with E-state index in [0.717, 1.165) is 31.4 Å². The van der Waals surface area contributed by atoms with Crippen molar-refractivity contribution < 1.29 is 9.53 Å². The number of benzene rings is 1. The van der Waals surface area contributed by atoms with Gasteiger partial charge in [0.1, 0.15) is 11.4 Å². The van der Waals surface area contributed by atoms with Gasteiger partial charge in [-0.05, 0) is 37.8 Å². The molecule has 0 spiro atoms. The number of carbonyl (C=O) groups is 1. The van der Waals surface area contributed by atoms with Crippen LogP contribution in [0.2, 0.25) is 0 Å². The molecule has 1 amide bonds. The van der Waals surface area contributed by atoms with E-state index in [0.29, 0.717) is 16.3 Å². The van der Waals surface area contributed by atoms with Gasteiger partial charge in [0.15, 0.2) is 4.96 Å². The molecular formula is C18H17N3O3S. The maximum absolute atomic E-state index is 12.9. The number of nitrogens with zero attached hydrogens (tertiary/aromatic N) is 2. The van der Waals surface area contributed by atoms with Crippen molar-refractivity contribution in [1.82, 2.24) is 9.38 Å². The third-order valence-corrected chi connectivity index (χ3v) is 5.56. The highest BCUT2D eigenvalue weighted by molar-refractivity contribution is 7.17. The highest BCUT2D eigenvalue weighted by Gasteiger charge is 2.20. The number of thiazole rings is 1. The number of nitrogens with one attached hydrogen (secondary N) is 1. The first kappa shape index (κ1) is 15.8. The van der Waals surface area contributed by atoms with Gasteiger partial charge in [0.2, 0.25) is 0 Å². The number of amides is 1. The number of hydrogen-bond acceptors (Lipinski definition) is 5. The lowest BCUT2D eigenvalue weighted by Gasteiger charge is -2.11. The van der Waals surface area contributed by atoms with E-state index in [9.17, 15) is 9.59 Å². The SMILES string of the molecule is COc1ccccc1C(=O)Nc1cnc2sc3c(n2c1=O)CCCC3. The zero-order valence-corrected chi connectivity index (χ0v) is 14.6. The molecule has 0 bridgehead atoms. The van der Waals surface area contributed by atoms with Crippen LogP contribution in [0.1, 0.15) is 33.8 Å². The van der Waals surface area contributed by atoms with Gasteiger partial charge in [-0.3, -0.25) is 14.0 Å². The van der Waals surface area contributed by atoms with E-state index in [4.69, 9.17) is 4.74 Å². The van der Waals surface area contributed by atoms with Crippen molar-refractivity contribution in [3.63, 3.8) is 0 Å². The Bertz CT molecular complexity index is 1020. The zero-order chi connectivity index (χ0) is 17.4. The van der Waals surface area contributed by atoms with Gasteiger partial charge < -0.3 is 10.1 Å². The Morgan fingerprint density at radius 1 is 1.28 bits per heavy atom. The van der Waals surface area contributed by atoms with E-state index in [1.165, 1.54) is 18.2 Å². The molecule has 128 valence electrons. The monoisotopic (exact) mass is 355 g/mol. The molecule has 0 fully saturated rings. The number of methoxy groups -OCH3 is 1. The number of fused-ring (bicyclic) bond motifs is 3. The average Bonchev–Trinajstić information content (AvgIpc) is 3.03. The largest absolute Gasteiger partial charge is 0.496 e. The summed E-state index contributed by atoms with van der Waals surface area (Å²) in [5.74, 6) is 0.0717. The van der Waals surface area contributed by atoms with Crippen molar-refractivity contribution in [1.29, 1.82) is 0 Å². The van der Waals surface area contributed by atoms with Crippen LogP contribution in [0.5, 0.6) is 5.75 Å². The molecule has 1 aromatic carbocycles. The molecular weight excluding hydrogens is 338 g/mol. The first-order valence-corrected chi connectivity index (χ1v) is 8.97. The van der Waals surface area contributed by atoms with E-state index in [1.807, 2.05) is 0 Å². The summed E-state index contributed by atoms with van der Waals surface area (Å²) in [7, 11) is 1.51. The molecule has 25 heavy (non-hydrogen) atoms. The molecule has 0 aliphatic heterocycles. The van der Waals surface area contributed by atoms with E-state index in [2.05, 4.69) is 10.3 Å². The van der Waals surface area contributed by atoms with Crippen LogP contribution < -0.4 is 15.6 Å². The van der Waals surface area contributed by atoms with Gasteiger partial charge in [0.25, 0.3) is 11.5 Å². The minimum Gasteiger partial charge on any atom is -0.496 e. The Morgan fingerprint density at radius 3 is 2.92 bits per heavy atom. The molecule has 1 aliphatic carbocycles. The van der Waals surface area contributed by atoms with Gasteiger partial charge in [0, 0.05) is 10.6 Å². The molecule has 0 atom stereocenters. The van der Waals surface area contributed by atoms with Crippen LogP contribution in [-0.4, -0.2) is 22.4 Å². The Kier molecular flexibility index (Phi) is 4.01. The summed E-state index contributed by atoms with van der Waals surface area (Å²) in [4.78, 5) is 31.7. The van der Waals surface area contributed by atoms with Gasteiger partial charge in [-0.1, -0.05) is 12.1 Å². The Morgan fingerprint density at radius 2 is 2.08 bits per heavy atom. The van der Waals surface area contributed by atoms with Gasteiger partial charge in [-0.25, -0.2) is 4.98 Å². The van der Waals surface area contributed by atoms with Crippen molar-refractivity contribution in [2.75, 3.05) is 12.4 Å². The maximum atomic E-state index is 12.9. The zero-order valence-electron chi connectivity index (χ0n) is 13.7. The highest BCUT2D eigenvalue weighted by Crippen LogP contribution is 2.28. The number of anilines is 1. The van der Waals surface area contributed by atoms with Gasteiger partial charge in [-0.15, -0.1) is 11.3 Å². The van der Waals surface area contributed by atoms with Crippen molar-refractivity contribution in [3.8, 4) is 5.75 Å². The van der Waals surface area contributed by atoms with Crippen molar-refractivity contribution in [3.05, 3.63) is 57.0 Å². The second kappa shape index (κ2) is 6.33. The average molecular weight is 355 g/mol. The lowest BCUT2D eigenvalue weighted by atomic mass is 10.0. The van der Waals surface area contributed by atoms with Crippen LogP contribution >= 0.6 is 11.3 Å². The maximum Gasteiger partial charge on any atom is 0.282 e. The number of carbonyl (C=O) groups excluding carboxylic acids is 1. The van der Waals surface area contributed by atoms with Crippen LogP contribution in [0.4, 0.5) is 5.69 Å². The number of aromatic nitrogens is 2. The Labute approximate surface area is 148 Å². The van der Waals surface area contributed by atoms with Gasteiger partial charge in [0.05, 0.1) is 18.9 Å². The van der Waals surface area contributed by atoms with E-state index >= 15 is 0 Å². The van der Waals surface area contributed by atoms with E-state index in [-0.39, 0.29) is 17.2 Å². The lowest BCUT2D eigenvalue weighted by molar-refractivity contribution is 0.102. The molecule has 0 radical (unpaired) electrons. The first-order chi connectivity index (χ1) is 12.2. The molecule has 7 heteroatoms. The smallest absolute Gasteiger partial charge is 0.282 e. The summed E-state index contributed by atoms with van der Waals surface area (Å²) >= 11 is 1.56. The summed E-state index contributed by atoms with van der Waals surface area (Å²) < 4.78 is 6.86. The predicted molar refractivity (Wildman–Crippen MR) is 96.9 cm³/mol. The Balaban J connectivity index is 1.74. The molecule has 0 saturated heterocycles. The van der Waals surface area contributed by atoms with Gasteiger partial charge in [-0.2, -0.15) is 0 Å².